The third kappa shape index (κ3) is 4.61. The van der Waals surface area contributed by atoms with E-state index in [-0.39, 0.29) is 6.73 Å². The molecule has 5 heteroatoms. The molecule has 4 rings (SSSR count). The van der Waals surface area contributed by atoms with Crippen LogP contribution in [0.5, 0.6) is 0 Å². The van der Waals surface area contributed by atoms with Crippen molar-refractivity contribution < 1.29 is 9.53 Å². The zero-order valence-electron chi connectivity index (χ0n) is 16.9. The summed E-state index contributed by atoms with van der Waals surface area (Å²) in [6, 6.07) is 24.5. The molecule has 1 aliphatic heterocycles. The van der Waals surface area contributed by atoms with Gasteiger partial charge < -0.3 is 14.4 Å². The predicted molar refractivity (Wildman–Crippen MR) is 119 cm³/mol. The summed E-state index contributed by atoms with van der Waals surface area (Å²) in [6.45, 7) is 0.657. The minimum atomic E-state index is -0.572. The highest BCUT2D eigenvalue weighted by molar-refractivity contribution is 5.94. The minimum absolute atomic E-state index is 0.223. The first-order chi connectivity index (χ1) is 15.3. The zero-order chi connectivity index (χ0) is 21.5. The molecular weight excluding hydrogens is 386 g/mol. The van der Waals surface area contributed by atoms with E-state index in [9.17, 15) is 10.1 Å². The summed E-state index contributed by atoms with van der Waals surface area (Å²) in [5.74, 6) is 0. The van der Waals surface area contributed by atoms with Crippen molar-refractivity contribution in [1.29, 1.82) is 5.26 Å². The van der Waals surface area contributed by atoms with Crippen LogP contribution < -0.4 is 0 Å². The largest absolute Gasteiger partial charge is 0.356 e. The van der Waals surface area contributed by atoms with Gasteiger partial charge in [0.05, 0.1) is 23.9 Å². The van der Waals surface area contributed by atoms with Crippen LogP contribution in [0.15, 0.2) is 91.3 Å². The van der Waals surface area contributed by atoms with Gasteiger partial charge in [0.2, 0.25) is 0 Å². The fourth-order valence-electron chi connectivity index (χ4n) is 3.58. The van der Waals surface area contributed by atoms with E-state index >= 15 is 0 Å². The summed E-state index contributed by atoms with van der Waals surface area (Å²) in [5, 5.41) is 9.59. The molecule has 0 fully saturated rings. The number of pyridine rings is 1. The number of carbonyl (C=O) groups is 1. The van der Waals surface area contributed by atoms with Crippen molar-refractivity contribution in [1.82, 2.24) is 9.88 Å². The van der Waals surface area contributed by atoms with Crippen LogP contribution in [-0.4, -0.2) is 28.9 Å². The quantitative estimate of drug-likeness (QED) is 0.542. The summed E-state index contributed by atoms with van der Waals surface area (Å²) < 4.78 is 5.93. The van der Waals surface area contributed by atoms with E-state index in [4.69, 9.17) is 4.74 Å². The maximum atomic E-state index is 12.2. The molecular formula is C26H21N3O2. The Kier molecular flexibility index (Phi) is 6.32. The van der Waals surface area contributed by atoms with Gasteiger partial charge >= 0.3 is 0 Å². The highest BCUT2D eigenvalue weighted by Gasteiger charge is 2.27. The summed E-state index contributed by atoms with van der Waals surface area (Å²) >= 11 is 0. The fraction of sp³-hybridized carbons (Fsp3) is 0.115. The summed E-state index contributed by atoms with van der Waals surface area (Å²) in [6.07, 6.45) is 6.45. The van der Waals surface area contributed by atoms with E-state index in [0.717, 1.165) is 34.3 Å². The number of hydrogen-bond donors (Lipinski definition) is 0. The number of aromatic nitrogens is 1. The van der Waals surface area contributed by atoms with Crippen LogP contribution in [0.4, 0.5) is 0 Å². The molecule has 3 aromatic rings. The third-order valence-electron chi connectivity index (χ3n) is 5.09. The van der Waals surface area contributed by atoms with Crippen LogP contribution in [0.25, 0.3) is 11.1 Å². The first kappa shape index (κ1) is 20.3. The number of allylic oxidation sites excluding steroid dienone is 2. The average Bonchev–Trinajstić information content (AvgIpc) is 2.84. The number of hydrogen-bond acceptors (Lipinski definition) is 5. The lowest BCUT2D eigenvalue weighted by Gasteiger charge is -2.33. The third-order valence-corrected chi connectivity index (χ3v) is 5.09. The van der Waals surface area contributed by atoms with Crippen LogP contribution in [0, 0.1) is 11.3 Å². The molecule has 1 unspecified atom stereocenters. The molecule has 0 spiro atoms. The van der Waals surface area contributed by atoms with E-state index < -0.39 is 6.04 Å². The monoisotopic (exact) mass is 407 g/mol. The van der Waals surface area contributed by atoms with Gasteiger partial charge in [-0.15, -0.1) is 0 Å². The van der Waals surface area contributed by atoms with Crippen molar-refractivity contribution in [2.75, 3.05) is 6.73 Å². The Morgan fingerprint density at radius 1 is 1.03 bits per heavy atom. The lowest BCUT2D eigenvalue weighted by Crippen LogP contribution is -2.37. The highest BCUT2D eigenvalue weighted by Crippen LogP contribution is 2.33. The number of nitriles is 1. The molecule has 0 aliphatic carbocycles. The molecule has 5 nitrogen and oxygen atoms in total. The van der Waals surface area contributed by atoms with Crippen molar-refractivity contribution >= 4 is 17.4 Å². The molecule has 31 heavy (non-hydrogen) atoms. The molecule has 0 radical (unpaired) electrons. The number of aldehydes is 1. The Bertz CT molecular complexity index is 1150. The van der Waals surface area contributed by atoms with Gasteiger partial charge in [0, 0.05) is 18.0 Å². The lowest BCUT2D eigenvalue weighted by molar-refractivity contribution is -0.111. The zero-order valence-corrected chi connectivity index (χ0v) is 16.9. The number of nitrogens with zero attached hydrogens (tertiary/aromatic N) is 3. The molecule has 2 heterocycles. The Balaban J connectivity index is 1.68. The summed E-state index contributed by atoms with van der Waals surface area (Å²) in [7, 11) is 0. The number of carbonyl (C=O) groups excluding carboxylic acids is 1. The van der Waals surface area contributed by atoms with Crippen molar-refractivity contribution in [3.63, 3.8) is 0 Å². The highest BCUT2D eigenvalue weighted by atomic mass is 16.5. The van der Waals surface area contributed by atoms with Crippen molar-refractivity contribution in [3.8, 4) is 6.07 Å². The second-order valence-corrected chi connectivity index (χ2v) is 7.11. The molecule has 0 N–H and O–H groups in total. The van der Waals surface area contributed by atoms with E-state index in [0.29, 0.717) is 12.2 Å². The molecule has 1 aliphatic rings. The Morgan fingerprint density at radius 2 is 1.81 bits per heavy atom. The van der Waals surface area contributed by atoms with E-state index in [1.165, 1.54) is 0 Å². The van der Waals surface area contributed by atoms with Crippen molar-refractivity contribution in [2.24, 2.45) is 0 Å². The minimum Gasteiger partial charge on any atom is -0.356 e. The van der Waals surface area contributed by atoms with Crippen LogP contribution in [0.1, 0.15) is 22.4 Å². The van der Waals surface area contributed by atoms with Gasteiger partial charge in [-0.3, -0.25) is 4.98 Å². The molecule has 0 amide bonds. The van der Waals surface area contributed by atoms with Crippen molar-refractivity contribution in [2.45, 2.75) is 12.6 Å². The standard InChI is InChI=1S/C26H21N3O2/c27-15-21-10-4-5-11-23(21)24-14-22(25-12-6-7-13-28-25)16-29(26(24)17-30)19-31-18-20-8-2-1-3-9-20/h1-14,16-17,26H,18-19H2. The first-order valence-electron chi connectivity index (χ1n) is 9.97. The topological polar surface area (TPSA) is 66.2 Å². The molecule has 152 valence electrons. The SMILES string of the molecule is N#Cc1ccccc1C1=CC(c2ccccn2)=CN(COCc2ccccc2)C1C=O. The maximum absolute atomic E-state index is 12.2. The Labute approximate surface area is 181 Å². The van der Waals surface area contributed by atoms with Gasteiger partial charge in [-0.05, 0) is 41.0 Å². The van der Waals surface area contributed by atoms with E-state index in [1.54, 1.807) is 12.3 Å². The lowest BCUT2D eigenvalue weighted by atomic mass is 9.90. The first-order valence-corrected chi connectivity index (χ1v) is 9.97. The molecule has 0 saturated heterocycles. The maximum Gasteiger partial charge on any atom is 0.147 e. The van der Waals surface area contributed by atoms with Gasteiger partial charge in [-0.25, -0.2) is 0 Å². The Hall–Kier alpha value is -4.01. The second-order valence-electron chi connectivity index (χ2n) is 7.11. The van der Waals surface area contributed by atoms with Gasteiger partial charge in [0.15, 0.2) is 0 Å². The Morgan fingerprint density at radius 3 is 2.55 bits per heavy atom. The molecule has 1 atom stereocenters. The van der Waals surface area contributed by atoms with Crippen LogP contribution in [-0.2, 0) is 16.1 Å². The van der Waals surface area contributed by atoms with Gasteiger partial charge in [0.1, 0.15) is 19.1 Å². The summed E-state index contributed by atoms with van der Waals surface area (Å²) in [4.78, 5) is 18.5. The molecule has 0 bridgehead atoms. The van der Waals surface area contributed by atoms with Gasteiger partial charge in [0.25, 0.3) is 0 Å². The van der Waals surface area contributed by atoms with E-state index in [1.807, 2.05) is 83.9 Å². The van der Waals surface area contributed by atoms with Gasteiger partial charge in [-0.2, -0.15) is 5.26 Å². The fourth-order valence-corrected chi connectivity index (χ4v) is 3.58. The smallest absolute Gasteiger partial charge is 0.147 e. The van der Waals surface area contributed by atoms with Crippen LogP contribution in [0.2, 0.25) is 0 Å². The van der Waals surface area contributed by atoms with Crippen LogP contribution >= 0.6 is 0 Å². The molecule has 1 aromatic heterocycles. The molecule has 2 aromatic carbocycles. The average molecular weight is 407 g/mol. The van der Waals surface area contributed by atoms with Crippen molar-refractivity contribution in [3.05, 3.63) is 114 Å². The number of ether oxygens (including phenoxy) is 1. The second kappa shape index (κ2) is 9.66. The number of benzene rings is 2. The predicted octanol–water partition coefficient (Wildman–Crippen LogP) is 4.44. The van der Waals surface area contributed by atoms with Gasteiger partial charge in [-0.1, -0.05) is 54.6 Å². The molecule has 0 saturated carbocycles. The van der Waals surface area contributed by atoms with E-state index in [2.05, 4.69) is 11.1 Å². The summed E-state index contributed by atoms with van der Waals surface area (Å²) in [5.41, 5.74) is 4.70. The normalized spacial score (nSPS) is 15.6. The number of rotatable bonds is 7. The van der Waals surface area contributed by atoms with Crippen LogP contribution in [0.3, 0.4) is 0 Å².